The fourth-order valence-electron chi connectivity index (χ4n) is 10.5. The van der Waals surface area contributed by atoms with Gasteiger partial charge in [0, 0.05) is 53.9 Å². The number of hydroxylamine groups is 4. The van der Waals surface area contributed by atoms with Crippen LogP contribution in [0.15, 0.2) is 0 Å². The maximum absolute atomic E-state index is 9.85. The highest BCUT2D eigenvalue weighted by Gasteiger charge is 2.51. The first kappa shape index (κ1) is 43.3. The van der Waals surface area contributed by atoms with Crippen LogP contribution in [0.3, 0.4) is 0 Å². The lowest BCUT2D eigenvalue weighted by molar-refractivity contribution is -0.310. The van der Waals surface area contributed by atoms with Gasteiger partial charge in [-0.15, -0.1) is 0 Å². The lowest BCUT2D eigenvalue weighted by Crippen LogP contribution is -2.65. The summed E-state index contributed by atoms with van der Waals surface area (Å²) >= 11 is 0. The Balaban J connectivity index is 1.48. The van der Waals surface area contributed by atoms with Gasteiger partial charge in [-0.2, -0.15) is 25.1 Å². The maximum Gasteiger partial charge on any atom is 0.232 e. The molecule has 2 aliphatic carbocycles. The summed E-state index contributed by atoms with van der Waals surface area (Å²) in [7, 11) is 0. The minimum Gasteiger partial charge on any atom is -0.395 e. The number of anilines is 3. The van der Waals surface area contributed by atoms with Gasteiger partial charge < -0.3 is 20.2 Å². The lowest BCUT2D eigenvalue weighted by atomic mass is 9.78. The Kier molecular flexibility index (Phi) is 15.0. The van der Waals surface area contributed by atoms with Gasteiger partial charge in [0.05, 0.1) is 18.8 Å². The number of hydrogen-bond donors (Lipinski definition) is 2. The molecule has 0 spiro atoms. The van der Waals surface area contributed by atoms with Crippen molar-refractivity contribution in [3.63, 3.8) is 0 Å². The van der Waals surface area contributed by atoms with E-state index in [2.05, 4.69) is 94.5 Å². The van der Waals surface area contributed by atoms with E-state index in [1.807, 2.05) is 0 Å². The van der Waals surface area contributed by atoms with Gasteiger partial charge in [-0.1, -0.05) is 65.2 Å². The van der Waals surface area contributed by atoms with Crippen molar-refractivity contribution >= 4 is 17.8 Å². The first-order valence-corrected chi connectivity index (χ1v) is 22.2. The summed E-state index contributed by atoms with van der Waals surface area (Å²) in [6, 6.07) is 0.465. The van der Waals surface area contributed by atoms with Gasteiger partial charge in [-0.25, -0.2) is 0 Å². The van der Waals surface area contributed by atoms with Crippen LogP contribution >= 0.6 is 0 Å². The summed E-state index contributed by atoms with van der Waals surface area (Å²) in [6.07, 6.45) is 21.0. The monoisotopic (exact) mass is 757 g/mol. The smallest absolute Gasteiger partial charge is 0.232 e. The molecule has 2 N–H and O–H groups in total. The number of nitrogens with one attached hydrogen (secondary N) is 1. The van der Waals surface area contributed by atoms with E-state index in [0.717, 1.165) is 102 Å². The molecule has 0 atom stereocenters. The van der Waals surface area contributed by atoms with Crippen molar-refractivity contribution in [3.05, 3.63) is 0 Å². The van der Waals surface area contributed by atoms with Gasteiger partial charge in [-0.3, -0.25) is 9.68 Å². The Bertz CT molecular complexity index is 1170. The van der Waals surface area contributed by atoms with E-state index in [1.54, 1.807) is 0 Å². The summed E-state index contributed by atoms with van der Waals surface area (Å²) in [5, 5.41) is 17.9. The average Bonchev–Trinajstić information content (AvgIpc) is 3.11. The fourth-order valence-corrected chi connectivity index (χ4v) is 10.5. The molecule has 4 fully saturated rings. The van der Waals surface area contributed by atoms with Crippen LogP contribution in [-0.4, -0.2) is 103 Å². The normalized spacial score (nSPS) is 24.4. The van der Waals surface area contributed by atoms with Crippen LogP contribution in [-0.2, 0) is 9.68 Å². The van der Waals surface area contributed by atoms with E-state index >= 15 is 0 Å². The molecular weight excluding hydrogens is 677 g/mol. The number of nitrogens with zero attached hydrogens (tertiary/aromatic N) is 7. The SMILES string of the molecule is CCCCN(c1nc(NCCO)nc(N(CCCC)C2CC(C)(C)N(OC3CCCCC3)C(C)(C)C2)n1)C1CC(C)(C)N(OC2CCCCC2)C(C)(C)C1. The largest absolute Gasteiger partial charge is 0.395 e. The topological polar surface area (TPSA) is 102 Å². The molecule has 2 saturated heterocycles. The Morgan fingerprint density at radius 1 is 0.611 bits per heavy atom. The number of hydrogen-bond acceptors (Lipinski definition) is 11. The molecule has 0 unspecified atom stereocenters. The second kappa shape index (κ2) is 18.6. The molecule has 11 nitrogen and oxygen atoms in total. The number of aliphatic hydroxyl groups excluding tert-OH is 1. The van der Waals surface area contributed by atoms with Gasteiger partial charge in [0.25, 0.3) is 0 Å². The predicted octanol–water partition coefficient (Wildman–Crippen LogP) is 9.06. The Labute approximate surface area is 329 Å². The average molecular weight is 757 g/mol. The summed E-state index contributed by atoms with van der Waals surface area (Å²) in [5.74, 6) is 2.02. The molecule has 310 valence electrons. The van der Waals surface area contributed by atoms with Crippen molar-refractivity contribution in [2.75, 3.05) is 41.4 Å². The Morgan fingerprint density at radius 3 is 1.31 bits per heavy atom. The number of aromatic nitrogens is 3. The Hall–Kier alpha value is -1.79. The maximum atomic E-state index is 9.85. The molecule has 0 aromatic carbocycles. The minimum atomic E-state index is -0.167. The summed E-state index contributed by atoms with van der Waals surface area (Å²) < 4.78 is 0. The van der Waals surface area contributed by atoms with Crippen LogP contribution in [0.2, 0.25) is 0 Å². The molecule has 1 aromatic rings. The second-order valence-electron chi connectivity index (χ2n) is 19.7. The highest BCUT2D eigenvalue weighted by atomic mass is 16.7. The van der Waals surface area contributed by atoms with Crippen LogP contribution in [0.4, 0.5) is 17.8 Å². The molecule has 0 amide bonds. The van der Waals surface area contributed by atoms with Crippen molar-refractivity contribution in [1.29, 1.82) is 0 Å². The minimum absolute atomic E-state index is 0.0130. The van der Waals surface area contributed by atoms with Crippen molar-refractivity contribution in [2.24, 2.45) is 0 Å². The summed E-state index contributed by atoms with van der Waals surface area (Å²) in [6.45, 7) is 25.5. The molecule has 11 heteroatoms. The van der Waals surface area contributed by atoms with E-state index in [9.17, 15) is 5.11 Å². The van der Waals surface area contributed by atoms with Crippen LogP contribution in [0.1, 0.15) is 185 Å². The van der Waals surface area contributed by atoms with E-state index in [4.69, 9.17) is 24.6 Å². The zero-order chi connectivity index (χ0) is 39.1. The number of aliphatic hydroxyl groups is 1. The van der Waals surface area contributed by atoms with E-state index < -0.39 is 0 Å². The Morgan fingerprint density at radius 2 is 0.981 bits per heavy atom. The standard InChI is InChI=1S/C43H80N8O3/c1-11-13-26-48(33-29-40(3,4)50(41(5,6)30-33)53-35-21-17-15-18-22-35)38-45-37(44-25-28-52)46-39(47-38)49(27-14-12-2)34-31-42(7,8)51(43(9,10)32-34)54-36-23-19-16-20-24-36/h33-36,52H,11-32H2,1-10H3,(H,44,45,46,47). The third kappa shape index (κ3) is 10.8. The molecule has 0 radical (unpaired) electrons. The third-order valence-corrected chi connectivity index (χ3v) is 12.7. The zero-order valence-electron chi connectivity index (χ0n) is 36.3. The number of unbranched alkanes of at least 4 members (excludes halogenated alkanes) is 2. The highest BCUT2D eigenvalue weighted by Crippen LogP contribution is 2.45. The van der Waals surface area contributed by atoms with Crippen molar-refractivity contribution in [1.82, 2.24) is 25.1 Å². The van der Waals surface area contributed by atoms with Crippen LogP contribution < -0.4 is 15.1 Å². The molecule has 0 bridgehead atoms. The third-order valence-electron chi connectivity index (χ3n) is 12.7. The van der Waals surface area contributed by atoms with Gasteiger partial charge in [-0.05, 0) is 120 Å². The summed E-state index contributed by atoms with van der Waals surface area (Å²) in [4.78, 5) is 34.5. The van der Waals surface area contributed by atoms with Gasteiger partial charge >= 0.3 is 0 Å². The fraction of sp³-hybridized carbons (Fsp3) is 0.930. The quantitative estimate of drug-likeness (QED) is 0.159. The number of rotatable bonds is 17. The van der Waals surface area contributed by atoms with Crippen molar-refractivity contribution in [3.8, 4) is 0 Å². The molecule has 3 heterocycles. The van der Waals surface area contributed by atoms with Gasteiger partial charge in [0.15, 0.2) is 0 Å². The molecule has 1 aromatic heterocycles. The van der Waals surface area contributed by atoms with Crippen LogP contribution in [0.25, 0.3) is 0 Å². The second-order valence-corrected chi connectivity index (χ2v) is 19.7. The van der Waals surface area contributed by atoms with Crippen LogP contribution in [0.5, 0.6) is 0 Å². The van der Waals surface area contributed by atoms with Crippen LogP contribution in [0, 0.1) is 0 Å². The van der Waals surface area contributed by atoms with Gasteiger partial charge in [0.1, 0.15) is 0 Å². The predicted molar refractivity (Wildman–Crippen MR) is 222 cm³/mol. The zero-order valence-corrected chi connectivity index (χ0v) is 36.3. The molecule has 2 saturated carbocycles. The summed E-state index contributed by atoms with van der Waals surface area (Å²) in [5.41, 5.74) is -0.666. The molecule has 54 heavy (non-hydrogen) atoms. The first-order valence-electron chi connectivity index (χ1n) is 22.2. The lowest BCUT2D eigenvalue weighted by Gasteiger charge is -2.57. The van der Waals surface area contributed by atoms with Crippen molar-refractivity contribution < 1.29 is 14.8 Å². The van der Waals surface area contributed by atoms with Gasteiger partial charge in [0.2, 0.25) is 17.8 Å². The van der Waals surface area contributed by atoms with E-state index in [0.29, 0.717) is 24.7 Å². The highest BCUT2D eigenvalue weighted by molar-refractivity contribution is 5.47. The molecular formula is C43H80N8O3. The number of piperidine rings is 2. The van der Waals surface area contributed by atoms with E-state index in [-0.39, 0.29) is 40.8 Å². The first-order chi connectivity index (χ1) is 25.6. The molecule has 5 rings (SSSR count). The van der Waals surface area contributed by atoms with E-state index in [1.165, 1.54) is 38.5 Å². The van der Waals surface area contributed by atoms with Crippen molar-refractivity contribution in [2.45, 2.75) is 231 Å². The molecule has 4 aliphatic rings. The molecule has 2 aliphatic heterocycles.